The molecule has 0 radical (unpaired) electrons. The Balaban J connectivity index is 1.38. The summed E-state index contributed by atoms with van der Waals surface area (Å²) < 4.78 is 21.6. The number of likely N-dealkylation sites (tertiary alicyclic amines) is 1. The zero-order valence-electron chi connectivity index (χ0n) is 16.3. The summed E-state index contributed by atoms with van der Waals surface area (Å²) in [5.41, 5.74) is 1.24. The van der Waals surface area contributed by atoms with Crippen LogP contribution in [0.4, 0.5) is 0 Å². The van der Waals surface area contributed by atoms with E-state index in [4.69, 9.17) is 18.9 Å². The summed E-state index contributed by atoms with van der Waals surface area (Å²) in [5.74, 6) is 2.62. The van der Waals surface area contributed by atoms with Crippen LogP contribution in [0.3, 0.4) is 0 Å². The third-order valence-corrected chi connectivity index (χ3v) is 6.80. The van der Waals surface area contributed by atoms with Crippen LogP contribution in [0.2, 0.25) is 0 Å². The molecule has 0 aromatic heterocycles. The van der Waals surface area contributed by atoms with Gasteiger partial charge in [-0.1, -0.05) is 6.07 Å². The van der Waals surface area contributed by atoms with Gasteiger partial charge in [-0.15, -0.1) is 0 Å². The van der Waals surface area contributed by atoms with E-state index < -0.39 is 0 Å². The molecule has 4 fully saturated rings. The molecule has 3 atom stereocenters. The molecule has 2 bridgehead atoms. The van der Waals surface area contributed by atoms with E-state index >= 15 is 0 Å². The average Bonchev–Trinajstić information content (AvgIpc) is 3.37. The number of carbonyl (C=O) groups excluding carboxylic acids is 1. The summed E-state index contributed by atoms with van der Waals surface area (Å²) in [6.45, 7) is 4.40. The highest BCUT2D eigenvalue weighted by Crippen LogP contribution is 2.47. The third kappa shape index (κ3) is 3.06. The summed E-state index contributed by atoms with van der Waals surface area (Å²) >= 11 is 0. The second-order valence-electron chi connectivity index (χ2n) is 8.17. The maximum absolute atomic E-state index is 13.0. The van der Waals surface area contributed by atoms with Gasteiger partial charge in [-0.25, -0.2) is 0 Å². The van der Waals surface area contributed by atoms with Crippen LogP contribution in [0, 0.1) is 5.92 Å². The fourth-order valence-electron chi connectivity index (χ4n) is 5.53. The van der Waals surface area contributed by atoms with Gasteiger partial charge in [-0.2, -0.15) is 0 Å². The van der Waals surface area contributed by atoms with Gasteiger partial charge in [0.25, 0.3) is 0 Å². The summed E-state index contributed by atoms with van der Waals surface area (Å²) in [5, 5.41) is 0. The minimum absolute atomic E-state index is 0.100. The smallest absolute Gasteiger partial charge is 0.248 e. The van der Waals surface area contributed by atoms with Gasteiger partial charge >= 0.3 is 0 Å². The van der Waals surface area contributed by atoms with Gasteiger partial charge in [0.15, 0.2) is 11.5 Å². The first-order valence-electron chi connectivity index (χ1n) is 10.3. The first kappa shape index (κ1) is 18.2. The van der Waals surface area contributed by atoms with Gasteiger partial charge in [0, 0.05) is 25.6 Å². The lowest BCUT2D eigenvalue weighted by molar-refractivity contribution is -0.141. The van der Waals surface area contributed by atoms with E-state index in [0.717, 1.165) is 31.1 Å². The SMILES string of the molecule is COCCOCC(=O)N1C[C@@H](c2ccc3c(c2)OCO3)[C@@H]2[C@H]1C1CCN2CC1. The molecule has 5 heterocycles. The number of piperidine rings is 3. The van der Waals surface area contributed by atoms with Gasteiger partial charge in [0.05, 0.1) is 19.3 Å². The van der Waals surface area contributed by atoms with Crippen LogP contribution in [0.15, 0.2) is 18.2 Å². The Kier molecular flexibility index (Phi) is 4.90. The molecule has 6 rings (SSSR count). The highest BCUT2D eigenvalue weighted by molar-refractivity contribution is 5.78. The van der Waals surface area contributed by atoms with Crippen LogP contribution in [-0.2, 0) is 14.3 Å². The fourth-order valence-corrected chi connectivity index (χ4v) is 5.53. The minimum Gasteiger partial charge on any atom is -0.454 e. The van der Waals surface area contributed by atoms with E-state index in [0.29, 0.717) is 31.1 Å². The van der Waals surface area contributed by atoms with Crippen molar-refractivity contribution in [2.75, 3.05) is 53.4 Å². The second-order valence-corrected chi connectivity index (χ2v) is 8.17. The van der Waals surface area contributed by atoms with Crippen molar-refractivity contribution < 1.29 is 23.7 Å². The topological polar surface area (TPSA) is 60.5 Å². The van der Waals surface area contributed by atoms with Gasteiger partial charge < -0.3 is 23.8 Å². The van der Waals surface area contributed by atoms with E-state index in [1.165, 1.54) is 18.4 Å². The third-order valence-electron chi connectivity index (χ3n) is 6.80. The lowest BCUT2D eigenvalue weighted by Crippen LogP contribution is -2.61. The van der Waals surface area contributed by atoms with Gasteiger partial charge in [0.2, 0.25) is 12.7 Å². The summed E-state index contributed by atoms with van der Waals surface area (Å²) in [6, 6.07) is 6.92. The summed E-state index contributed by atoms with van der Waals surface area (Å²) in [7, 11) is 1.64. The molecular weight excluding hydrogens is 360 g/mol. The minimum atomic E-state index is 0.100. The van der Waals surface area contributed by atoms with Crippen molar-refractivity contribution in [3.63, 3.8) is 0 Å². The quantitative estimate of drug-likeness (QED) is 0.688. The molecule has 1 aromatic carbocycles. The van der Waals surface area contributed by atoms with Crippen molar-refractivity contribution >= 4 is 5.91 Å². The van der Waals surface area contributed by atoms with E-state index in [2.05, 4.69) is 21.9 Å². The number of hydrogen-bond donors (Lipinski definition) is 0. The van der Waals surface area contributed by atoms with Crippen LogP contribution in [0.1, 0.15) is 24.3 Å². The molecule has 4 saturated heterocycles. The Morgan fingerprint density at radius 1 is 1.14 bits per heavy atom. The number of ether oxygens (including phenoxy) is 4. The molecule has 0 N–H and O–H groups in total. The number of amides is 1. The lowest BCUT2D eigenvalue weighted by atomic mass is 9.75. The average molecular weight is 388 g/mol. The van der Waals surface area contributed by atoms with Gasteiger partial charge in [-0.3, -0.25) is 9.69 Å². The second kappa shape index (κ2) is 7.54. The Morgan fingerprint density at radius 2 is 1.96 bits per heavy atom. The number of carbonyl (C=O) groups is 1. The van der Waals surface area contributed by atoms with Crippen LogP contribution in [-0.4, -0.2) is 81.1 Å². The molecule has 0 aliphatic carbocycles. The molecular formula is C21H28N2O5. The van der Waals surface area contributed by atoms with Crippen LogP contribution >= 0.6 is 0 Å². The maximum Gasteiger partial charge on any atom is 0.248 e. The van der Waals surface area contributed by atoms with Crippen LogP contribution in [0.25, 0.3) is 0 Å². The van der Waals surface area contributed by atoms with Crippen LogP contribution in [0.5, 0.6) is 11.5 Å². The molecule has 5 aliphatic heterocycles. The predicted molar refractivity (Wildman–Crippen MR) is 102 cm³/mol. The maximum atomic E-state index is 13.0. The normalized spacial score (nSPS) is 32.6. The zero-order valence-corrected chi connectivity index (χ0v) is 16.3. The monoisotopic (exact) mass is 388 g/mol. The Labute approximate surface area is 165 Å². The molecule has 7 nitrogen and oxygen atoms in total. The molecule has 1 amide bonds. The Morgan fingerprint density at radius 3 is 2.79 bits per heavy atom. The molecule has 7 heteroatoms. The number of benzene rings is 1. The molecule has 0 unspecified atom stereocenters. The number of methoxy groups -OCH3 is 1. The molecule has 28 heavy (non-hydrogen) atoms. The first-order valence-corrected chi connectivity index (χ1v) is 10.3. The highest BCUT2D eigenvalue weighted by atomic mass is 16.7. The lowest BCUT2D eigenvalue weighted by Gasteiger charge is -2.51. The van der Waals surface area contributed by atoms with Crippen molar-refractivity contribution in [3.8, 4) is 11.5 Å². The van der Waals surface area contributed by atoms with Crippen molar-refractivity contribution in [2.45, 2.75) is 30.8 Å². The predicted octanol–water partition coefficient (Wildman–Crippen LogP) is 1.47. The molecule has 1 aromatic rings. The number of hydrogen-bond acceptors (Lipinski definition) is 6. The van der Waals surface area contributed by atoms with E-state index in [-0.39, 0.29) is 25.3 Å². The fraction of sp³-hybridized carbons (Fsp3) is 0.667. The molecule has 0 saturated carbocycles. The van der Waals surface area contributed by atoms with E-state index in [1.54, 1.807) is 7.11 Å². The van der Waals surface area contributed by atoms with Crippen molar-refractivity contribution in [1.29, 1.82) is 0 Å². The zero-order chi connectivity index (χ0) is 19.1. The number of rotatable bonds is 6. The van der Waals surface area contributed by atoms with Gasteiger partial charge in [-0.05, 0) is 49.5 Å². The van der Waals surface area contributed by atoms with Crippen molar-refractivity contribution in [2.24, 2.45) is 5.92 Å². The summed E-state index contributed by atoms with van der Waals surface area (Å²) in [6.07, 6.45) is 2.37. The van der Waals surface area contributed by atoms with Crippen molar-refractivity contribution in [3.05, 3.63) is 23.8 Å². The van der Waals surface area contributed by atoms with Crippen LogP contribution < -0.4 is 9.47 Å². The molecule has 5 aliphatic rings. The van der Waals surface area contributed by atoms with E-state index in [1.807, 2.05) is 6.07 Å². The largest absolute Gasteiger partial charge is 0.454 e. The Bertz CT molecular complexity index is 734. The molecule has 0 spiro atoms. The van der Waals surface area contributed by atoms with E-state index in [9.17, 15) is 4.79 Å². The number of nitrogens with zero attached hydrogens (tertiary/aromatic N) is 2. The van der Waals surface area contributed by atoms with Gasteiger partial charge in [0.1, 0.15) is 6.61 Å². The molecule has 152 valence electrons. The Hall–Kier alpha value is -1.83. The standard InChI is InChI=1S/C21H28N2O5/c1-25-8-9-26-12-19(24)23-11-16(15-2-3-17-18(10-15)28-13-27-17)21-20(23)14-4-6-22(21)7-5-14/h2-3,10,14,16,20-21H,4-9,11-13H2,1H3/t16-,20+,21+/m0/s1. The first-order chi connectivity index (χ1) is 13.8. The highest BCUT2D eigenvalue weighted by Gasteiger charge is 2.54. The summed E-state index contributed by atoms with van der Waals surface area (Å²) in [4.78, 5) is 17.7. The van der Waals surface area contributed by atoms with Crippen molar-refractivity contribution in [1.82, 2.24) is 9.80 Å². The number of fused-ring (bicyclic) bond motifs is 3.